The number of hydrogen-bond donors (Lipinski definition) is 1. The molecule has 0 aliphatic heterocycles. The van der Waals surface area contributed by atoms with Crippen LogP contribution in [0.1, 0.15) is 15.9 Å². The minimum absolute atomic E-state index is 0.197. The van der Waals surface area contributed by atoms with Crippen LogP contribution in [0.15, 0.2) is 95.9 Å². The molecule has 0 spiro atoms. The second-order valence-corrected chi connectivity index (χ2v) is 9.27. The number of benzene rings is 4. The molecule has 0 radical (unpaired) electrons. The first-order valence-corrected chi connectivity index (χ1v) is 11.2. The zero-order valence-electron chi connectivity index (χ0n) is 17.2. The maximum Gasteiger partial charge on any atom is 0.264 e. The summed E-state index contributed by atoms with van der Waals surface area (Å²) in [7, 11) is -2.24. The van der Waals surface area contributed by atoms with Crippen LogP contribution >= 0.6 is 0 Å². The van der Waals surface area contributed by atoms with Gasteiger partial charge in [0, 0.05) is 18.3 Å². The van der Waals surface area contributed by atoms with Crippen LogP contribution in [0.4, 0.5) is 11.4 Å². The highest BCUT2D eigenvalue weighted by Crippen LogP contribution is 2.27. The average molecular weight is 431 g/mol. The van der Waals surface area contributed by atoms with Crippen molar-refractivity contribution in [3.63, 3.8) is 0 Å². The maximum absolute atomic E-state index is 13.0. The van der Waals surface area contributed by atoms with Crippen LogP contribution in [0.5, 0.6) is 0 Å². The molecule has 6 heteroatoms. The van der Waals surface area contributed by atoms with Crippen LogP contribution in [-0.4, -0.2) is 21.4 Å². The smallest absolute Gasteiger partial charge is 0.264 e. The molecule has 0 fully saturated rings. The molecule has 1 N–H and O–H groups in total. The second-order valence-electron chi connectivity index (χ2n) is 7.30. The maximum atomic E-state index is 13.0. The number of hydrogen-bond acceptors (Lipinski definition) is 3. The van der Waals surface area contributed by atoms with Crippen molar-refractivity contribution in [1.82, 2.24) is 0 Å². The summed E-state index contributed by atoms with van der Waals surface area (Å²) in [6.07, 6.45) is 0. The van der Waals surface area contributed by atoms with Crippen molar-refractivity contribution in [1.29, 1.82) is 0 Å². The highest BCUT2D eigenvalue weighted by atomic mass is 32.2. The molecule has 4 aromatic rings. The van der Waals surface area contributed by atoms with Gasteiger partial charge in [-0.15, -0.1) is 0 Å². The van der Waals surface area contributed by atoms with Crippen molar-refractivity contribution in [3.05, 3.63) is 102 Å². The van der Waals surface area contributed by atoms with Crippen LogP contribution in [0, 0.1) is 6.92 Å². The number of rotatable bonds is 5. The number of fused-ring (bicyclic) bond motifs is 1. The summed E-state index contributed by atoms with van der Waals surface area (Å²) in [5, 5.41) is 5.01. The minimum Gasteiger partial charge on any atom is -0.322 e. The van der Waals surface area contributed by atoms with E-state index < -0.39 is 10.0 Å². The number of sulfonamides is 1. The van der Waals surface area contributed by atoms with Gasteiger partial charge < -0.3 is 5.32 Å². The summed E-state index contributed by atoms with van der Waals surface area (Å²) < 4.78 is 27.2. The number of anilines is 2. The zero-order chi connectivity index (χ0) is 22.0. The summed E-state index contributed by atoms with van der Waals surface area (Å²) in [4.78, 5) is 13.1. The molecule has 0 atom stereocenters. The summed E-state index contributed by atoms with van der Waals surface area (Å²) in [5.74, 6) is -0.304. The van der Waals surface area contributed by atoms with E-state index >= 15 is 0 Å². The fraction of sp³-hybridized carbons (Fsp3) is 0.0800. The van der Waals surface area contributed by atoms with E-state index in [1.54, 1.807) is 48.5 Å². The molecule has 5 nitrogen and oxygen atoms in total. The molecule has 0 saturated carbocycles. The van der Waals surface area contributed by atoms with Crippen molar-refractivity contribution in [2.45, 2.75) is 11.8 Å². The molecule has 0 heterocycles. The quantitative estimate of drug-likeness (QED) is 0.472. The first-order valence-electron chi connectivity index (χ1n) is 9.81. The van der Waals surface area contributed by atoms with E-state index in [0.29, 0.717) is 16.9 Å². The van der Waals surface area contributed by atoms with Crippen molar-refractivity contribution in [2.75, 3.05) is 16.7 Å². The average Bonchev–Trinajstić information content (AvgIpc) is 2.79. The summed E-state index contributed by atoms with van der Waals surface area (Å²) in [5.41, 5.74) is 2.26. The molecule has 0 bridgehead atoms. The predicted molar refractivity (Wildman–Crippen MR) is 125 cm³/mol. The monoisotopic (exact) mass is 430 g/mol. The SMILES string of the molecule is Cc1ccc(C(=O)Nc2ccc3ccccc3c2)cc1N(C)S(=O)(=O)c1ccccc1. The Morgan fingerprint density at radius 3 is 2.23 bits per heavy atom. The van der Waals surface area contributed by atoms with Gasteiger partial charge in [-0.2, -0.15) is 0 Å². The van der Waals surface area contributed by atoms with E-state index in [0.717, 1.165) is 16.3 Å². The topological polar surface area (TPSA) is 66.5 Å². The molecular weight excluding hydrogens is 408 g/mol. The summed E-state index contributed by atoms with van der Waals surface area (Å²) in [6.45, 7) is 1.82. The molecule has 31 heavy (non-hydrogen) atoms. The molecule has 4 aromatic carbocycles. The van der Waals surface area contributed by atoms with Gasteiger partial charge in [-0.25, -0.2) is 8.42 Å². The number of carbonyl (C=O) groups excluding carboxylic acids is 1. The van der Waals surface area contributed by atoms with Crippen LogP contribution in [0.25, 0.3) is 10.8 Å². The van der Waals surface area contributed by atoms with Gasteiger partial charge in [-0.1, -0.05) is 54.6 Å². The van der Waals surface area contributed by atoms with E-state index in [4.69, 9.17) is 0 Å². The zero-order valence-corrected chi connectivity index (χ0v) is 18.1. The number of aryl methyl sites for hydroxylation is 1. The Morgan fingerprint density at radius 2 is 1.48 bits per heavy atom. The van der Waals surface area contributed by atoms with E-state index in [2.05, 4.69) is 5.32 Å². The van der Waals surface area contributed by atoms with Gasteiger partial charge in [-0.05, 0) is 59.7 Å². The highest BCUT2D eigenvalue weighted by Gasteiger charge is 2.23. The van der Waals surface area contributed by atoms with Gasteiger partial charge in [0.2, 0.25) is 0 Å². The molecule has 0 unspecified atom stereocenters. The van der Waals surface area contributed by atoms with Crippen molar-refractivity contribution in [3.8, 4) is 0 Å². The first-order chi connectivity index (χ1) is 14.9. The Labute approximate surface area is 182 Å². The number of amides is 1. The van der Waals surface area contributed by atoms with Crippen LogP contribution < -0.4 is 9.62 Å². The minimum atomic E-state index is -3.74. The molecule has 4 rings (SSSR count). The molecule has 0 saturated heterocycles. The Kier molecular flexibility index (Phi) is 5.48. The number of nitrogens with zero attached hydrogens (tertiary/aromatic N) is 1. The third kappa shape index (κ3) is 4.15. The van der Waals surface area contributed by atoms with Gasteiger partial charge in [0.25, 0.3) is 15.9 Å². The predicted octanol–water partition coefficient (Wildman–Crippen LogP) is 5.23. The third-order valence-corrected chi connectivity index (χ3v) is 7.01. The van der Waals surface area contributed by atoms with Gasteiger partial charge >= 0.3 is 0 Å². The largest absolute Gasteiger partial charge is 0.322 e. The van der Waals surface area contributed by atoms with E-state index in [1.807, 2.05) is 49.4 Å². The van der Waals surface area contributed by atoms with Gasteiger partial charge in [0.1, 0.15) is 0 Å². The first kappa shape index (κ1) is 20.6. The Hall–Kier alpha value is -3.64. The van der Waals surface area contributed by atoms with Crippen LogP contribution in [0.2, 0.25) is 0 Å². The summed E-state index contributed by atoms with van der Waals surface area (Å²) >= 11 is 0. The lowest BCUT2D eigenvalue weighted by Crippen LogP contribution is -2.27. The van der Waals surface area contributed by atoms with Gasteiger partial charge in [-0.3, -0.25) is 9.10 Å². The fourth-order valence-corrected chi connectivity index (χ4v) is 4.71. The molecule has 0 aliphatic rings. The standard InChI is InChI=1S/C25H22N2O3S/c1-18-12-13-21(17-24(18)27(2)31(29,30)23-10-4-3-5-11-23)25(28)26-22-15-14-19-8-6-7-9-20(19)16-22/h3-17H,1-2H3,(H,26,28). The van der Waals surface area contributed by atoms with E-state index in [9.17, 15) is 13.2 Å². The fourth-order valence-electron chi connectivity index (χ4n) is 3.44. The van der Waals surface area contributed by atoms with Crippen LogP contribution in [-0.2, 0) is 10.0 Å². The molecule has 1 amide bonds. The lowest BCUT2D eigenvalue weighted by atomic mass is 10.1. The highest BCUT2D eigenvalue weighted by molar-refractivity contribution is 7.92. The normalized spacial score (nSPS) is 11.3. The molecular formula is C25H22N2O3S. The molecule has 0 aliphatic carbocycles. The van der Waals surface area contributed by atoms with E-state index in [1.165, 1.54) is 11.4 Å². The number of carbonyl (C=O) groups is 1. The Bertz CT molecular complexity index is 1370. The lowest BCUT2D eigenvalue weighted by Gasteiger charge is -2.22. The Morgan fingerprint density at radius 1 is 0.806 bits per heavy atom. The Balaban J connectivity index is 1.63. The second kappa shape index (κ2) is 8.24. The molecule has 156 valence electrons. The lowest BCUT2D eigenvalue weighted by molar-refractivity contribution is 0.102. The number of nitrogens with one attached hydrogen (secondary N) is 1. The van der Waals surface area contributed by atoms with Crippen molar-refractivity contribution >= 4 is 38.1 Å². The molecule has 0 aromatic heterocycles. The summed E-state index contributed by atoms with van der Waals surface area (Å²) in [6, 6.07) is 26.9. The van der Waals surface area contributed by atoms with Crippen molar-refractivity contribution < 1.29 is 13.2 Å². The van der Waals surface area contributed by atoms with Crippen molar-refractivity contribution in [2.24, 2.45) is 0 Å². The van der Waals surface area contributed by atoms with Gasteiger partial charge in [0.05, 0.1) is 10.6 Å². The van der Waals surface area contributed by atoms with Gasteiger partial charge in [0.15, 0.2) is 0 Å². The van der Waals surface area contributed by atoms with Crippen LogP contribution in [0.3, 0.4) is 0 Å². The van der Waals surface area contributed by atoms with E-state index in [-0.39, 0.29) is 10.8 Å². The third-order valence-electron chi connectivity index (χ3n) is 5.22.